The van der Waals surface area contributed by atoms with Crippen LogP contribution in [0.1, 0.15) is 45.4 Å². The Bertz CT molecular complexity index is 1690. The summed E-state index contributed by atoms with van der Waals surface area (Å²) in [6, 6.07) is 11.9. The van der Waals surface area contributed by atoms with E-state index in [-0.39, 0.29) is 11.3 Å². The second-order valence-electron chi connectivity index (χ2n) is 11.9. The van der Waals surface area contributed by atoms with E-state index in [0.29, 0.717) is 23.4 Å². The van der Waals surface area contributed by atoms with Crippen LogP contribution < -0.4 is 10.2 Å². The van der Waals surface area contributed by atoms with E-state index in [1.165, 1.54) is 5.56 Å². The average Bonchev–Trinajstić information content (AvgIpc) is 3.57. The molecule has 1 aliphatic heterocycles. The first-order valence-corrected chi connectivity index (χ1v) is 14.2. The fourth-order valence-electron chi connectivity index (χ4n) is 5.59. The van der Waals surface area contributed by atoms with Gasteiger partial charge in [-0.3, -0.25) is 4.98 Å². The van der Waals surface area contributed by atoms with Crippen molar-refractivity contribution in [3.8, 4) is 39.4 Å². The molecule has 2 N–H and O–H groups in total. The number of aryl methyl sites for hydroxylation is 2. The highest BCUT2D eigenvalue weighted by molar-refractivity contribution is 5.83. The number of benzene rings is 1. The topological polar surface area (TPSA) is 104 Å². The molecule has 41 heavy (non-hydrogen) atoms. The minimum Gasteiger partial charge on any atom is -0.508 e. The van der Waals surface area contributed by atoms with Gasteiger partial charge in [-0.15, -0.1) is 10.2 Å². The van der Waals surface area contributed by atoms with Crippen molar-refractivity contribution in [1.29, 1.82) is 0 Å². The van der Waals surface area contributed by atoms with E-state index in [9.17, 15) is 5.11 Å². The van der Waals surface area contributed by atoms with Gasteiger partial charge >= 0.3 is 0 Å². The molecule has 0 spiro atoms. The van der Waals surface area contributed by atoms with E-state index < -0.39 is 0 Å². The number of phenols is 1. The quantitative estimate of drug-likeness (QED) is 0.288. The molecule has 1 aliphatic rings. The summed E-state index contributed by atoms with van der Waals surface area (Å²) < 4.78 is 2.09. The smallest absolute Gasteiger partial charge is 0.245 e. The van der Waals surface area contributed by atoms with Crippen molar-refractivity contribution in [2.75, 3.05) is 18.0 Å². The van der Waals surface area contributed by atoms with Gasteiger partial charge in [0.2, 0.25) is 5.95 Å². The van der Waals surface area contributed by atoms with E-state index in [2.05, 4.69) is 70.8 Å². The fourth-order valence-corrected chi connectivity index (χ4v) is 5.59. The van der Waals surface area contributed by atoms with Crippen molar-refractivity contribution in [2.24, 2.45) is 0 Å². The molecule has 9 nitrogen and oxygen atoms in total. The predicted molar refractivity (Wildman–Crippen MR) is 162 cm³/mol. The van der Waals surface area contributed by atoms with E-state index in [4.69, 9.17) is 15.0 Å². The first kappa shape index (κ1) is 26.8. The van der Waals surface area contributed by atoms with Crippen LogP contribution in [-0.2, 0) is 6.42 Å². The lowest BCUT2D eigenvalue weighted by Crippen LogP contribution is -2.45. The monoisotopic (exact) mass is 548 g/mol. The SMILES string of the molecule is CCc1cc(-c2cnc(-c3cnc(N4CC[C@@H](NC(C)(C)C)C4)nn3)c(-c3ccc(O)cc3)c2)cn2cc(C)nc12. The number of nitrogens with one attached hydrogen (secondary N) is 1. The third-order valence-electron chi connectivity index (χ3n) is 7.43. The van der Waals surface area contributed by atoms with Gasteiger partial charge in [-0.25, -0.2) is 9.97 Å². The Kier molecular flexibility index (Phi) is 6.91. The van der Waals surface area contributed by atoms with Gasteiger partial charge in [0.15, 0.2) is 0 Å². The number of fused-ring (bicyclic) bond motifs is 1. The maximum atomic E-state index is 9.93. The first-order valence-electron chi connectivity index (χ1n) is 14.2. The molecule has 5 aromatic rings. The van der Waals surface area contributed by atoms with Gasteiger partial charge in [0.25, 0.3) is 0 Å². The lowest BCUT2D eigenvalue weighted by Gasteiger charge is -2.25. The summed E-state index contributed by atoms with van der Waals surface area (Å²) in [7, 11) is 0. The fraction of sp³-hybridized carbons (Fsp3) is 0.344. The van der Waals surface area contributed by atoms with Crippen molar-refractivity contribution in [3.63, 3.8) is 0 Å². The summed E-state index contributed by atoms with van der Waals surface area (Å²) >= 11 is 0. The number of pyridine rings is 2. The van der Waals surface area contributed by atoms with Gasteiger partial charge in [-0.1, -0.05) is 19.1 Å². The molecule has 9 heteroatoms. The molecule has 1 saturated heterocycles. The normalized spacial score (nSPS) is 15.6. The molecule has 0 unspecified atom stereocenters. The van der Waals surface area contributed by atoms with Gasteiger partial charge in [-0.2, -0.15) is 0 Å². The Morgan fingerprint density at radius 2 is 1.78 bits per heavy atom. The number of nitrogens with zero attached hydrogens (tertiary/aromatic N) is 7. The summed E-state index contributed by atoms with van der Waals surface area (Å²) in [5.41, 5.74) is 8.34. The van der Waals surface area contributed by atoms with Crippen LogP contribution >= 0.6 is 0 Å². The van der Waals surface area contributed by atoms with Crippen LogP contribution in [0.25, 0.3) is 39.3 Å². The Morgan fingerprint density at radius 1 is 0.976 bits per heavy atom. The summed E-state index contributed by atoms with van der Waals surface area (Å²) in [6.07, 6.45) is 9.70. The van der Waals surface area contributed by atoms with Gasteiger partial charge in [0.05, 0.1) is 17.6 Å². The zero-order valence-corrected chi connectivity index (χ0v) is 24.3. The van der Waals surface area contributed by atoms with Crippen LogP contribution in [0.15, 0.2) is 61.2 Å². The van der Waals surface area contributed by atoms with Crippen molar-refractivity contribution in [1.82, 2.24) is 34.9 Å². The van der Waals surface area contributed by atoms with Crippen molar-refractivity contribution >= 4 is 11.6 Å². The number of aromatic hydroxyl groups is 1. The molecule has 0 bridgehead atoms. The summed E-state index contributed by atoms with van der Waals surface area (Å²) in [4.78, 5) is 16.5. The molecule has 6 rings (SSSR count). The summed E-state index contributed by atoms with van der Waals surface area (Å²) in [5.74, 6) is 0.842. The maximum Gasteiger partial charge on any atom is 0.245 e. The molecule has 1 fully saturated rings. The highest BCUT2D eigenvalue weighted by Gasteiger charge is 2.27. The van der Waals surface area contributed by atoms with E-state index in [0.717, 1.165) is 59.5 Å². The zero-order chi connectivity index (χ0) is 28.7. The van der Waals surface area contributed by atoms with E-state index >= 15 is 0 Å². The molecule has 0 radical (unpaired) electrons. The molecule has 1 atom stereocenters. The van der Waals surface area contributed by atoms with E-state index in [1.807, 2.05) is 31.5 Å². The Labute approximate surface area is 240 Å². The number of aromatic nitrogens is 6. The standard InChI is InChI=1S/C32H36N8O/c1-6-21-13-24(18-40-17-20(2)35-30(21)40)23-14-27(22-7-9-26(41)10-8-22)29(33-15-23)28-16-34-31(38-37-28)39-12-11-25(19-39)36-32(3,4)5/h7-10,13-18,25,36,41H,6,11-12,19H2,1-5H3/t25-/m1/s1. The van der Waals surface area contributed by atoms with Gasteiger partial charge in [0.1, 0.15) is 17.1 Å². The van der Waals surface area contributed by atoms with Crippen molar-refractivity contribution in [3.05, 3.63) is 72.4 Å². The Balaban J connectivity index is 1.36. The number of imidazole rings is 1. The zero-order valence-electron chi connectivity index (χ0n) is 24.3. The van der Waals surface area contributed by atoms with Crippen LogP contribution in [0.2, 0.25) is 0 Å². The minimum absolute atomic E-state index is 0.0632. The minimum atomic E-state index is 0.0632. The molecule has 5 heterocycles. The van der Waals surface area contributed by atoms with Crippen LogP contribution in [0, 0.1) is 6.92 Å². The number of hydrogen-bond acceptors (Lipinski definition) is 8. The number of hydrogen-bond donors (Lipinski definition) is 2. The first-order chi connectivity index (χ1) is 19.7. The van der Waals surface area contributed by atoms with Crippen molar-refractivity contribution in [2.45, 2.75) is 59.0 Å². The van der Waals surface area contributed by atoms with Gasteiger partial charge in [-0.05, 0) is 75.9 Å². The second kappa shape index (κ2) is 10.6. The second-order valence-corrected chi connectivity index (χ2v) is 11.9. The Hall–Kier alpha value is -4.37. The third kappa shape index (κ3) is 5.63. The van der Waals surface area contributed by atoms with Gasteiger partial charge < -0.3 is 19.7 Å². The molecule has 0 aliphatic carbocycles. The molecule has 210 valence electrons. The summed E-state index contributed by atoms with van der Waals surface area (Å²) in [5, 5.41) is 22.7. The van der Waals surface area contributed by atoms with E-state index in [1.54, 1.807) is 18.3 Å². The van der Waals surface area contributed by atoms with Crippen molar-refractivity contribution < 1.29 is 5.11 Å². The third-order valence-corrected chi connectivity index (χ3v) is 7.43. The number of anilines is 1. The number of rotatable bonds is 6. The van der Waals surface area contributed by atoms with Crippen LogP contribution in [0.5, 0.6) is 5.75 Å². The highest BCUT2D eigenvalue weighted by atomic mass is 16.3. The van der Waals surface area contributed by atoms with Gasteiger partial charge in [0, 0.05) is 60.0 Å². The predicted octanol–water partition coefficient (Wildman–Crippen LogP) is 5.46. The largest absolute Gasteiger partial charge is 0.508 e. The Morgan fingerprint density at radius 3 is 2.49 bits per heavy atom. The maximum absolute atomic E-state index is 9.93. The molecular formula is C32H36N8O. The lowest BCUT2D eigenvalue weighted by molar-refractivity contribution is 0.373. The molecule has 0 amide bonds. The molecule has 4 aromatic heterocycles. The summed E-state index contributed by atoms with van der Waals surface area (Å²) in [6.45, 7) is 12.5. The highest BCUT2D eigenvalue weighted by Crippen LogP contribution is 2.34. The molecule has 0 saturated carbocycles. The molecule has 1 aromatic carbocycles. The van der Waals surface area contributed by atoms with Crippen LogP contribution in [0.4, 0.5) is 5.95 Å². The average molecular weight is 549 g/mol. The number of phenolic OH excluding ortho intramolecular Hbond substituents is 1. The lowest BCUT2D eigenvalue weighted by atomic mass is 9.97. The molecular weight excluding hydrogens is 512 g/mol. The van der Waals surface area contributed by atoms with Crippen LogP contribution in [0.3, 0.4) is 0 Å². The van der Waals surface area contributed by atoms with Crippen LogP contribution in [-0.4, -0.2) is 59.3 Å².